The monoisotopic (exact) mass is 383 g/mol. The van der Waals surface area contributed by atoms with E-state index in [1.54, 1.807) is 0 Å². The lowest BCUT2D eigenvalue weighted by Gasteiger charge is -2.08. The molecule has 0 aromatic carbocycles. The van der Waals surface area contributed by atoms with Crippen molar-refractivity contribution in [3.63, 3.8) is 0 Å². The molecule has 0 aliphatic heterocycles. The number of hydrogen-bond donors (Lipinski definition) is 0. The Morgan fingerprint density at radius 3 is 2.76 bits per heavy atom. The van der Waals surface area contributed by atoms with E-state index in [1.165, 1.54) is 16.2 Å². The molecule has 0 radical (unpaired) electrons. The fourth-order valence-corrected chi connectivity index (χ4v) is 3.42. The van der Waals surface area contributed by atoms with Crippen LogP contribution in [-0.2, 0) is 11.9 Å². The van der Waals surface area contributed by atoms with Crippen LogP contribution < -0.4 is 0 Å². The minimum atomic E-state index is -4.49. The molecule has 0 spiro atoms. The molecule has 0 bridgehead atoms. The third kappa shape index (κ3) is 3.05. The summed E-state index contributed by atoms with van der Waals surface area (Å²) in [6.07, 6.45) is 0.191. The van der Waals surface area contributed by atoms with Crippen molar-refractivity contribution in [2.45, 2.75) is 17.1 Å². The molecule has 0 saturated heterocycles. The molecule has 10 heteroatoms. The second-order valence-corrected chi connectivity index (χ2v) is 6.59. The molecule has 0 saturated carbocycles. The highest BCUT2D eigenvalue weighted by molar-refractivity contribution is 7.98. The van der Waals surface area contributed by atoms with E-state index in [9.17, 15) is 13.2 Å². The van der Waals surface area contributed by atoms with Gasteiger partial charge in [0.05, 0.1) is 16.3 Å². The van der Waals surface area contributed by atoms with Crippen LogP contribution in [0.25, 0.3) is 11.3 Å². The summed E-state index contributed by atoms with van der Waals surface area (Å²) >= 11 is 7.14. The average molecular weight is 384 g/mol. The van der Waals surface area contributed by atoms with Gasteiger partial charge >= 0.3 is 6.18 Å². The Morgan fingerprint density at radius 2 is 2.00 bits per heavy atom. The normalized spacial score (nSPS) is 12.3. The number of imidazole rings is 1. The number of pyridine rings is 2. The summed E-state index contributed by atoms with van der Waals surface area (Å²) in [7, 11) is 0. The van der Waals surface area contributed by atoms with Crippen molar-refractivity contribution in [2.75, 3.05) is 0 Å². The van der Waals surface area contributed by atoms with Crippen LogP contribution in [0.1, 0.15) is 11.3 Å². The minimum absolute atomic E-state index is 0.0955. The van der Waals surface area contributed by atoms with Gasteiger partial charge in [0.25, 0.3) is 0 Å². The van der Waals surface area contributed by atoms with Crippen LogP contribution in [0.3, 0.4) is 0 Å². The zero-order chi connectivity index (χ0) is 17.6. The summed E-state index contributed by atoms with van der Waals surface area (Å²) in [4.78, 5) is 4.45. The Kier molecular flexibility index (Phi) is 3.84. The van der Waals surface area contributed by atoms with Gasteiger partial charge in [-0.2, -0.15) is 13.2 Å². The molecule has 0 aliphatic carbocycles. The number of hydrogen-bond acceptors (Lipinski definition) is 4. The van der Waals surface area contributed by atoms with Gasteiger partial charge in [0.15, 0.2) is 10.8 Å². The van der Waals surface area contributed by atoms with Crippen LogP contribution in [0.4, 0.5) is 13.2 Å². The van der Waals surface area contributed by atoms with Crippen molar-refractivity contribution in [1.82, 2.24) is 24.0 Å². The standard InChI is InChI=1S/C15H9ClF3N5S/c16-11-5-9(15(17,18)19)6-24-13(11)21-22-14(24)25-8-10-7-23-4-2-1-3-12(23)20-10/h1-7H,8H2. The van der Waals surface area contributed by atoms with E-state index in [4.69, 9.17) is 11.6 Å². The molecule has 4 rings (SSSR count). The number of nitrogens with zero attached hydrogens (tertiary/aromatic N) is 5. The van der Waals surface area contributed by atoms with E-state index < -0.39 is 11.7 Å². The van der Waals surface area contributed by atoms with Crippen molar-refractivity contribution in [3.05, 3.63) is 59.1 Å². The molecule has 4 aromatic rings. The molecule has 4 heterocycles. The van der Waals surface area contributed by atoms with Gasteiger partial charge in [-0.3, -0.25) is 4.40 Å². The molecule has 0 fully saturated rings. The third-order valence-electron chi connectivity index (χ3n) is 3.52. The smallest absolute Gasteiger partial charge is 0.307 e. The number of thioether (sulfide) groups is 1. The predicted molar refractivity (Wildman–Crippen MR) is 87.8 cm³/mol. The molecule has 5 nitrogen and oxygen atoms in total. The van der Waals surface area contributed by atoms with Gasteiger partial charge in [-0.1, -0.05) is 29.4 Å². The van der Waals surface area contributed by atoms with E-state index in [0.717, 1.165) is 23.6 Å². The van der Waals surface area contributed by atoms with Crippen LogP contribution in [0, 0.1) is 0 Å². The first kappa shape index (κ1) is 16.2. The summed E-state index contributed by atoms with van der Waals surface area (Å²) in [5.74, 6) is 0.441. The Balaban J connectivity index is 1.66. The second kappa shape index (κ2) is 5.92. The first-order chi connectivity index (χ1) is 11.9. The third-order valence-corrected chi connectivity index (χ3v) is 4.77. The topological polar surface area (TPSA) is 47.5 Å². The SMILES string of the molecule is FC(F)(F)c1cc(Cl)c2nnc(SCc3cn4ccccc4n3)n2c1. The number of aromatic nitrogens is 5. The van der Waals surface area contributed by atoms with Crippen LogP contribution in [0.2, 0.25) is 5.02 Å². The summed E-state index contributed by atoms with van der Waals surface area (Å²) in [5.41, 5.74) is 0.921. The van der Waals surface area contributed by atoms with Crippen molar-refractivity contribution in [1.29, 1.82) is 0 Å². The van der Waals surface area contributed by atoms with E-state index in [-0.39, 0.29) is 10.7 Å². The van der Waals surface area contributed by atoms with Crippen LogP contribution in [0.15, 0.2) is 48.0 Å². The molecule has 0 unspecified atom stereocenters. The highest BCUT2D eigenvalue weighted by Crippen LogP contribution is 2.33. The second-order valence-electron chi connectivity index (χ2n) is 5.24. The van der Waals surface area contributed by atoms with Gasteiger partial charge in [0, 0.05) is 24.3 Å². The van der Waals surface area contributed by atoms with Gasteiger partial charge in [0.1, 0.15) is 5.65 Å². The maximum Gasteiger partial charge on any atom is 0.417 e. The lowest BCUT2D eigenvalue weighted by atomic mass is 10.3. The quantitative estimate of drug-likeness (QED) is 0.494. The Hall–Kier alpha value is -2.26. The minimum Gasteiger partial charge on any atom is -0.307 e. The highest BCUT2D eigenvalue weighted by atomic mass is 35.5. The van der Waals surface area contributed by atoms with E-state index in [2.05, 4.69) is 15.2 Å². The summed E-state index contributed by atoms with van der Waals surface area (Å²) in [6, 6.07) is 6.49. The molecule has 4 aromatic heterocycles. The fourth-order valence-electron chi connectivity index (χ4n) is 2.38. The number of halogens is 4. The Labute approximate surface area is 148 Å². The largest absolute Gasteiger partial charge is 0.417 e. The number of fused-ring (bicyclic) bond motifs is 2. The maximum absolute atomic E-state index is 13.0. The Morgan fingerprint density at radius 1 is 1.16 bits per heavy atom. The Bertz CT molecular complexity index is 1040. The van der Waals surface area contributed by atoms with Gasteiger partial charge in [0.2, 0.25) is 0 Å². The van der Waals surface area contributed by atoms with Gasteiger partial charge in [-0.25, -0.2) is 4.98 Å². The molecular formula is C15H9ClF3N5S. The summed E-state index contributed by atoms with van der Waals surface area (Å²) < 4.78 is 42.0. The molecule has 0 aliphatic rings. The van der Waals surface area contributed by atoms with Crippen molar-refractivity contribution >= 4 is 34.7 Å². The highest BCUT2D eigenvalue weighted by Gasteiger charge is 2.32. The predicted octanol–water partition coefficient (Wildman–Crippen LogP) is 4.34. The van der Waals surface area contributed by atoms with Crippen molar-refractivity contribution in [3.8, 4) is 0 Å². The van der Waals surface area contributed by atoms with E-state index in [1.807, 2.05) is 35.0 Å². The molecular weight excluding hydrogens is 375 g/mol. The van der Waals surface area contributed by atoms with Crippen LogP contribution >= 0.6 is 23.4 Å². The van der Waals surface area contributed by atoms with Gasteiger partial charge in [-0.05, 0) is 18.2 Å². The zero-order valence-corrected chi connectivity index (χ0v) is 14.0. The summed E-state index contributed by atoms with van der Waals surface area (Å²) in [5, 5.41) is 8.03. The molecule has 0 N–H and O–H groups in total. The first-order valence-corrected chi connectivity index (χ1v) is 8.45. The van der Waals surface area contributed by atoms with Gasteiger partial charge < -0.3 is 4.40 Å². The van der Waals surface area contributed by atoms with Crippen molar-refractivity contribution in [2.24, 2.45) is 0 Å². The lowest BCUT2D eigenvalue weighted by Crippen LogP contribution is -2.07. The fraction of sp³-hybridized carbons (Fsp3) is 0.133. The van der Waals surface area contributed by atoms with E-state index >= 15 is 0 Å². The molecule has 25 heavy (non-hydrogen) atoms. The first-order valence-electron chi connectivity index (χ1n) is 7.09. The van der Waals surface area contributed by atoms with Crippen LogP contribution in [-0.4, -0.2) is 24.0 Å². The van der Waals surface area contributed by atoms with Crippen molar-refractivity contribution < 1.29 is 13.2 Å². The average Bonchev–Trinajstić information content (AvgIpc) is 3.15. The number of alkyl halides is 3. The zero-order valence-electron chi connectivity index (χ0n) is 12.4. The molecule has 128 valence electrons. The van der Waals surface area contributed by atoms with E-state index in [0.29, 0.717) is 10.9 Å². The molecule has 0 amide bonds. The lowest BCUT2D eigenvalue weighted by molar-refractivity contribution is -0.137. The maximum atomic E-state index is 13.0. The summed E-state index contributed by atoms with van der Waals surface area (Å²) in [6.45, 7) is 0. The molecule has 0 atom stereocenters. The van der Waals surface area contributed by atoms with Crippen LogP contribution in [0.5, 0.6) is 0 Å². The van der Waals surface area contributed by atoms with Gasteiger partial charge in [-0.15, -0.1) is 10.2 Å². The number of rotatable bonds is 3.